The van der Waals surface area contributed by atoms with Crippen LogP contribution in [0.15, 0.2) is 40.9 Å². The van der Waals surface area contributed by atoms with Gasteiger partial charge in [-0.3, -0.25) is 24.0 Å². The fraction of sp³-hybridized carbons (Fsp3) is 0.596. The van der Waals surface area contributed by atoms with Gasteiger partial charge in [-0.25, -0.2) is 14.0 Å². The van der Waals surface area contributed by atoms with Crippen molar-refractivity contribution in [1.29, 1.82) is 0 Å². The van der Waals surface area contributed by atoms with E-state index in [2.05, 4.69) is 0 Å². The number of ether oxygens (including phenoxy) is 4. The lowest BCUT2D eigenvalue weighted by atomic mass is 9.46. The molecule has 65 heavy (non-hydrogen) atoms. The van der Waals surface area contributed by atoms with E-state index in [4.69, 9.17) is 18.9 Å². The number of ketones is 2. The Morgan fingerprint density at radius 2 is 1.71 bits per heavy atom. The molecule has 0 radical (unpaired) electrons. The average molecular weight is 906 g/mol. The number of aliphatic hydroxyl groups excluding tert-OH is 1. The minimum absolute atomic E-state index is 0.0136. The molecule has 4 unspecified atom stereocenters. The van der Waals surface area contributed by atoms with Gasteiger partial charge in [-0.1, -0.05) is 25.5 Å². The number of pyridine rings is 1. The molecule has 1 aromatic heterocycles. The first-order valence-corrected chi connectivity index (χ1v) is 22.4. The van der Waals surface area contributed by atoms with Gasteiger partial charge >= 0.3 is 24.0 Å². The summed E-state index contributed by atoms with van der Waals surface area (Å²) in [5.74, 6) is -4.52. The van der Waals surface area contributed by atoms with Crippen molar-refractivity contribution >= 4 is 52.2 Å². The number of halogens is 1. The summed E-state index contributed by atoms with van der Waals surface area (Å²) in [4.78, 5) is 91.8. The Morgan fingerprint density at radius 1 is 0.985 bits per heavy atom. The number of piperazine rings is 1. The average Bonchev–Trinajstić information content (AvgIpc) is 4.06. The molecule has 6 aliphatic rings. The zero-order valence-corrected chi connectivity index (χ0v) is 37.0. The SMILES string of the molecule is COc1c(N2CCN(C(=O)OCOC(=O)CCCC(=O)OCC(=O)[C@@]3(O)CCC4C5CCC6=CC(=O)C=C[C@]6(C)C5[C@@H](O)C[C@@]43C)C(C)C2)c(F)cc2c(=O)c(C(=O)O)cn(C3CC3)c12. The Hall–Kier alpha value is -5.62. The third-order valence-corrected chi connectivity index (χ3v) is 15.4. The molecular weight excluding hydrogens is 850 g/mol. The van der Waals surface area contributed by atoms with Crippen molar-refractivity contribution in [2.24, 2.45) is 28.6 Å². The van der Waals surface area contributed by atoms with Crippen LogP contribution in [0.5, 0.6) is 5.75 Å². The largest absolute Gasteiger partial charge is 0.492 e. The van der Waals surface area contributed by atoms with E-state index < -0.39 is 88.6 Å². The number of allylic oxidation sites excluding steroid dienone is 4. The number of carboxylic acids is 1. The van der Waals surface area contributed by atoms with Gasteiger partial charge in [0.05, 0.1) is 24.1 Å². The highest BCUT2D eigenvalue weighted by molar-refractivity contribution is 6.01. The Kier molecular flexibility index (Phi) is 12.2. The zero-order valence-electron chi connectivity index (χ0n) is 37.0. The van der Waals surface area contributed by atoms with Gasteiger partial charge in [-0.2, -0.15) is 0 Å². The zero-order chi connectivity index (χ0) is 46.7. The summed E-state index contributed by atoms with van der Waals surface area (Å²) >= 11 is 0. The molecule has 5 aliphatic carbocycles. The van der Waals surface area contributed by atoms with E-state index in [1.54, 1.807) is 28.5 Å². The molecule has 350 valence electrons. The smallest absolute Gasteiger partial charge is 0.413 e. The first-order valence-electron chi connectivity index (χ1n) is 22.4. The Balaban J connectivity index is 0.780. The molecule has 2 aromatic rings. The molecule has 0 spiro atoms. The predicted octanol–water partition coefficient (Wildman–Crippen LogP) is 4.62. The molecule has 0 bridgehead atoms. The van der Waals surface area contributed by atoms with Crippen LogP contribution in [-0.4, -0.2) is 118 Å². The molecular formula is C47H56FN3O14. The van der Waals surface area contributed by atoms with Crippen LogP contribution >= 0.6 is 0 Å². The number of carbonyl (C=O) groups excluding carboxylic acids is 5. The molecule has 3 N–H and O–H groups in total. The van der Waals surface area contributed by atoms with Crippen molar-refractivity contribution < 1.29 is 67.4 Å². The molecule has 1 amide bonds. The maximum Gasteiger partial charge on any atom is 0.413 e. The summed E-state index contributed by atoms with van der Waals surface area (Å²) < 4.78 is 38.7. The number of rotatable bonds is 13. The number of hydrogen-bond acceptors (Lipinski definition) is 14. The molecule has 2 heterocycles. The van der Waals surface area contributed by atoms with Crippen LogP contribution in [0, 0.1) is 34.4 Å². The van der Waals surface area contributed by atoms with Gasteiger partial charge in [-0.15, -0.1) is 0 Å². The summed E-state index contributed by atoms with van der Waals surface area (Å²) in [5, 5.41) is 33.1. The maximum atomic E-state index is 15.8. The summed E-state index contributed by atoms with van der Waals surface area (Å²) in [6, 6.07) is 0.446. The standard InChI is InChI=1S/C47H56FN3O14/c1-25-21-49(40-33(48)19-30-39(42(40)62-4)51(27-9-10-27)22-31(41(30)57)43(58)59)16-17-50(25)44(60)65-24-64-37(56)7-5-6-36(55)63-23-35(54)47(61)15-13-32-29-11-8-26-18-28(52)12-14-45(26,2)38(29)34(53)20-46(32,47)3/h12,14,18-19,22,25,27,29,32,34,38,53,61H,5-11,13,15-17,20-21,23-24H2,1-4H3,(H,58,59)/t25?,29?,32?,34-,38?,45-,46-,47-/m0/s1. The highest BCUT2D eigenvalue weighted by Crippen LogP contribution is 2.67. The van der Waals surface area contributed by atoms with Crippen molar-refractivity contribution in [2.75, 3.05) is 45.0 Å². The number of esters is 2. The lowest BCUT2D eigenvalue weighted by molar-refractivity contribution is -0.181. The fourth-order valence-corrected chi connectivity index (χ4v) is 12.0. The van der Waals surface area contributed by atoms with Gasteiger partial charge in [0.1, 0.15) is 16.9 Å². The Morgan fingerprint density at radius 3 is 2.38 bits per heavy atom. The molecule has 8 atom stereocenters. The van der Waals surface area contributed by atoms with Gasteiger partial charge in [0, 0.05) is 67.5 Å². The number of hydrogen-bond donors (Lipinski definition) is 3. The molecule has 18 heteroatoms. The summed E-state index contributed by atoms with van der Waals surface area (Å²) in [6.45, 7) is 4.63. The van der Waals surface area contributed by atoms with Crippen LogP contribution in [0.2, 0.25) is 0 Å². The first kappa shape index (κ1) is 45.9. The van der Waals surface area contributed by atoms with Crippen LogP contribution in [0.25, 0.3) is 10.9 Å². The van der Waals surface area contributed by atoms with Crippen LogP contribution in [0.4, 0.5) is 14.9 Å². The number of aliphatic hydroxyl groups is 2. The van der Waals surface area contributed by atoms with E-state index >= 15 is 4.39 Å². The van der Waals surface area contributed by atoms with Crippen molar-refractivity contribution in [3.8, 4) is 5.75 Å². The fourth-order valence-electron chi connectivity index (χ4n) is 12.0. The van der Waals surface area contributed by atoms with Gasteiger partial charge in [0.2, 0.25) is 18.0 Å². The van der Waals surface area contributed by atoms with E-state index in [9.17, 15) is 48.9 Å². The third kappa shape index (κ3) is 7.99. The number of methoxy groups -OCH3 is 1. The molecule has 1 aliphatic heterocycles. The number of aromatic nitrogens is 1. The van der Waals surface area contributed by atoms with Crippen LogP contribution in [0.1, 0.15) is 101 Å². The Labute approximate surface area is 374 Å². The van der Waals surface area contributed by atoms with Crippen molar-refractivity contribution in [3.63, 3.8) is 0 Å². The summed E-state index contributed by atoms with van der Waals surface area (Å²) in [5.41, 5.74) is -3.16. The molecule has 5 fully saturated rings. The number of carbonyl (C=O) groups is 6. The second-order valence-electron chi connectivity index (χ2n) is 19.0. The van der Waals surface area contributed by atoms with Crippen molar-refractivity contribution in [1.82, 2.24) is 9.47 Å². The monoisotopic (exact) mass is 905 g/mol. The lowest BCUT2D eigenvalue weighted by Gasteiger charge is -2.59. The van der Waals surface area contributed by atoms with Crippen LogP contribution < -0.4 is 15.1 Å². The number of fused-ring (bicyclic) bond motifs is 6. The van der Waals surface area contributed by atoms with Crippen LogP contribution in [-0.2, 0) is 33.4 Å². The minimum atomic E-state index is -1.81. The summed E-state index contributed by atoms with van der Waals surface area (Å²) in [6.07, 6.45) is 8.22. The van der Waals surface area contributed by atoms with Gasteiger partial charge in [0.15, 0.2) is 24.0 Å². The highest BCUT2D eigenvalue weighted by atomic mass is 19.1. The molecule has 1 aromatic carbocycles. The number of carboxylic acid groups (broad SMARTS) is 1. The van der Waals surface area contributed by atoms with Gasteiger partial charge in [0.25, 0.3) is 0 Å². The molecule has 4 saturated carbocycles. The predicted molar refractivity (Wildman–Crippen MR) is 229 cm³/mol. The normalized spacial score (nSPS) is 30.5. The van der Waals surface area contributed by atoms with E-state index in [1.807, 2.05) is 19.9 Å². The number of amides is 1. The second kappa shape index (κ2) is 17.3. The number of nitrogens with zero attached hydrogens (tertiary/aromatic N) is 3. The van der Waals surface area contributed by atoms with Crippen LogP contribution in [0.3, 0.4) is 0 Å². The van der Waals surface area contributed by atoms with Gasteiger partial charge < -0.3 is 48.6 Å². The van der Waals surface area contributed by atoms with E-state index in [0.717, 1.165) is 30.9 Å². The Bertz CT molecular complexity index is 2460. The highest BCUT2D eigenvalue weighted by Gasteiger charge is 2.68. The summed E-state index contributed by atoms with van der Waals surface area (Å²) in [7, 11) is 1.34. The maximum absolute atomic E-state index is 15.8. The topological polar surface area (TPSA) is 229 Å². The van der Waals surface area contributed by atoms with E-state index in [-0.39, 0.29) is 98.1 Å². The molecule has 17 nitrogen and oxygen atoms in total. The first-order chi connectivity index (χ1) is 30.8. The number of benzene rings is 1. The van der Waals surface area contributed by atoms with E-state index in [1.165, 1.54) is 18.2 Å². The lowest BCUT2D eigenvalue weighted by Crippen LogP contribution is -2.61. The van der Waals surface area contributed by atoms with Crippen molar-refractivity contribution in [2.45, 2.75) is 109 Å². The van der Waals surface area contributed by atoms with Gasteiger partial charge in [-0.05, 0) is 88.3 Å². The number of Topliss-reactive ketones (excluding diaryl/α,β-unsaturated/α-hetero) is 1. The number of aromatic carboxylic acids is 1. The molecule has 8 rings (SSSR count). The van der Waals surface area contributed by atoms with Crippen molar-refractivity contribution in [3.05, 3.63) is 57.7 Å². The second-order valence-corrected chi connectivity index (χ2v) is 19.0. The third-order valence-electron chi connectivity index (χ3n) is 15.4. The molecule has 1 saturated heterocycles. The quantitative estimate of drug-likeness (QED) is 0.184. The van der Waals surface area contributed by atoms with E-state index in [0.29, 0.717) is 18.4 Å². The minimum Gasteiger partial charge on any atom is -0.492 e. The number of anilines is 1.